The van der Waals surface area contributed by atoms with Gasteiger partial charge in [0.15, 0.2) is 11.5 Å². The van der Waals surface area contributed by atoms with Gasteiger partial charge in [0.1, 0.15) is 5.01 Å². The molecule has 88 valence electrons. The Morgan fingerprint density at radius 3 is 2.94 bits per heavy atom. The number of rotatable bonds is 2. The fraction of sp³-hybridized carbons (Fsp3) is 0.250. The molecular formula is C12H12N2O2S. The number of fused-ring (bicyclic) bond motifs is 1. The highest BCUT2D eigenvalue weighted by atomic mass is 32.1. The summed E-state index contributed by atoms with van der Waals surface area (Å²) in [6.07, 6.45) is 0. The fourth-order valence-electron chi connectivity index (χ4n) is 1.85. The summed E-state index contributed by atoms with van der Waals surface area (Å²) < 4.78 is 10.7. The fourth-order valence-corrected chi connectivity index (χ4v) is 2.78. The number of nitrogens with zero attached hydrogens (tertiary/aromatic N) is 1. The lowest BCUT2D eigenvalue weighted by molar-refractivity contribution is 0.174. The summed E-state index contributed by atoms with van der Waals surface area (Å²) in [5.41, 5.74) is 7.71. The minimum atomic E-state index is 0.300. The molecule has 17 heavy (non-hydrogen) atoms. The summed E-state index contributed by atoms with van der Waals surface area (Å²) in [5.74, 6) is 1.60. The SMILES string of the molecule is Cc1nc(CN)sc1-c1ccc2c(c1)OCO2. The van der Waals surface area contributed by atoms with Gasteiger partial charge in [0.25, 0.3) is 0 Å². The van der Waals surface area contributed by atoms with Crippen molar-refractivity contribution in [2.75, 3.05) is 6.79 Å². The highest BCUT2D eigenvalue weighted by Crippen LogP contribution is 2.38. The minimum Gasteiger partial charge on any atom is -0.454 e. The van der Waals surface area contributed by atoms with Gasteiger partial charge in [-0.05, 0) is 30.7 Å². The molecular weight excluding hydrogens is 236 g/mol. The third-order valence-electron chi connectivity index (χ3n) is 2.65. The van der Waals surface area contributed by atoms with Crippen LogP contribution in [0.3, 0.4) is 0 Å². The van der Waals surface area contributed by atoms with Crippen LogP contribution in [-0.2, 0) is 6.54 Å². The molecule has 0 aliphatic carbocycles. The van der Waals surface area contributed by atoms with E-state index < -0.39 is 0 Å². The quantitative estimate of drug-likeness (QED) is 0.886. The number of benzene rings is 1. The van der Waals surface area contributed by atoms with Crippen LogP contribution >= 0.6 is 11.3 Å². The molecule has 0 bridgehead atoms. The summed E-state index contributed by atoms with van der Waals surface area (Å²) in [6, 6.07) is 5.94. The Hall–Kier alpha value is -1.59. The maximum Gasteiger partial charge on any atom is 0.231 e. The van der Waals surface area contributed by atoms with Crippen LogP contribution in [0.5, 0.6) is 11.5 Å². The molecule has 0 unspecified atom stereocenters. The molecule has 0 saturated carbocycles. The largest absolute Gasteiger partial charge is 0.454 e. The van der Waals surface area contributed by atoms with Gasteiger partial charge in [-0.25, -0.2) is 4.98 Å². The molecule has 0 saturated heterocycles. The Morgan fingerprint density at radius 1 is 1.35 bits per heavy atom. The van der Waals surface area contributed by atoms with Crippen LogP contribution in [0.2, 0.25) is 0 Å². The van der Waals surface area contributed by atoms with Crippen LogP contribution in [-0.4, -0.2) is 11.8 Å². The van der Waals surface area contributed by atoms with Gasteiger partial charge >= 0.3 is 0 Å². The van der Waals surface area contributed by atoms with Crippen molar-refractivity contribution < 1.29 is 9.47 Å². The molecule has 0 fully saturated rings. The summed E-state index contributed by atoms with van der Waals surface area (Å²) in [6.45, 7) is 2.78. The van der Waals surface area contributed by atoms with E-state index in [9.17, 15) is 0 Å². The van der Waals surface area contributed by atoms with Gasteiger partial charge in [0.2, 0.25) is 6.79 Å². The topological polar surface area (TPSA) is 57.4 Å². The third-order valence-corrected chi connectivity index (χ3v) is 3.88. The summed E-state index contributed by atoms with van der Waals surface area (Å²) in [4.78, 5) is 5.56. The van der Waals surface area contributed by atoms with Crippen molar-refractivity contribution >= 4 is 11.3 Å². The molecule has 2 N–H and O–H groups in total. The molecule has 0 atom stereocenters. The van der Waals surface area contributed by atoms with Gasteiger partial charge < -0.3 is 15.2 Å². The van der Waals surface area contributed by atoms with Crippen molar-refractivity contribution in [1.29, 1.82) is 0 Å². The molecule has 2 heterocycles. The number of ether oxygens (including phenoxy) is 2. The first-order chi connectivity index (χ1) is 8.28. The summed E-state index contributed by atoms with van der Waals surface area (Å²) >= 11 is 1.63. The van der Waals surface area contributed by atoms with Crippen LogP contribution in [0.25, 0.3) is 10.4 Å². The second kappa shape index (κ2) is 4.01. The molecule has 0 radical (unpaired) electrons. The number of hydrogen-bond acceptors (Lipinski definition) is 5. The van der Waals surface area contributed by atoms with E-state index in [0.29, 0.717) is 13.3 Å². The van der Waals surface area contributed by atoms with Gasteiger partial charge in [-0.3, -0.25) is 0 Å². The molecule has 2 aromatic rings. The predicted octanol–water partition coefficient (Wildman–Crippen LogP) is 2.31. The van der Waals surface area contributed by atoms with Crippen LogP contribution in [0.1, 0.15) is 10.7 Å². The molecule has 5 heteroatoms. The van der Waals surface area contributed by atoms with Gasteiger partial charge in [-0.2, -0.15) is 0 Å². The highest BCUT2D eigenvalue weighted by Gasteiger charge is 2.16. The lowest BCUT2D eigenvalue weighted by Crippen LogP contribution is -1.94. The van der Waals surface area contributed by atoms with E-state index in [1.54, 1.807) is 11.3 Å². The van der Waals surface area contributed by atoms with Crippen molar-refractivity contribution in [2.24, 2.45) is 5.73 Å². The molecule has 1 aliphatic heterocycles. The molecule has 1 aromatic carbocycles. The summed E-state index contributed by atoms with van der Waals surface area (Å²) in [7, 11) is 0. The highest BCUT2D eigenvalue weighted by molar-refractivity contribution is 7.15. The number of thiazole rings is 1. The minimum absolute atomic E-state index is 0.300. The van der Waals surface area contributed by atoms with Crippen LogP contribution in [0.15, 0.2) is 18.2 Å². The molecule has 0 spiro atoms. The first-order valence-electron chi connectivity index (χ1n) is 5.34. The zero-order valence-electron chi connectivity index (χ0n) is 9.40. The zero-order valence-corrected chi connectivity index (χ0v) is 10.2. The monoisotopic (exact) mass is 248 g/mol. The van der Waals surface area contributed by atoms with Crippen molar-refractivity contribution in [3.63, 3.8) is 0 Å². The van der Waals surface area contributed by atoms with E-state index in [0.717, 1.165) is 32.6 Å². The van der Waals surface area contributed by atoms with E-state index in [4.69, 9.17) is 15.2 Å². The summed E-state index contributed by atoms with van der Waals surface area (Å²) in [5, 5.41) is 0.954. The second-order valence-electron chi connectivity index (χ2n) is 3.79. The van der Waals surface area contributed by atoms with E-state index in [2.05, 4.69) is 4.98 Å². The van der Waals surface area contributed by atoms with Gasteiger partial charge in [0.05, 0.1) is 10.6 Å². The Balaban J connectivity index is 2.06. The number of hydrogen-bond donors (Lipinski definition) is 1. The molecule has 1 aromatic heterocycles. The van der Waals surface area contributed by atoms with Gasteiger partial charge in [-0.1, -0.05) is 0 Å². The lowest BCUT2D eigenvalue weighted by Gasteiger charge is -2.00. The average molecular weight is 248 g/mol. The number of nitrogens with two attached hydrogens (primary N) is 1. The van der Waals surface area contributed by atoms with E-state index in [-0.39, 0.29) is 0 Å². The first-order valence-corrected chi connectivity index (χ1v) is 6.16. The second-order valence-corrected chi connectivity index (χ2v) is 4.88. The smallest absolute Gasteiger partial charge is 0.231 e. The van der Waals surface area contributed by atoms with Gasteiger partial charge in [-0.15, -0.1) is 11.3 Å². The average Bonchev–Trinajstić information content (AvgIpc) is 2.93. The first kappa shape index (κ1) is 10.6. The zero-order chi connectivity index (χ0) is 11.8. The maximum atomic E-state index is 5.60. The van der Waals surface area contributed by atoms with Crippen LogP contribution in [0, 0.1) is 6.92 Å². The van der Waals surface area contributed by atoms with E-state index in [1.807, 2.05) is 25.1 Å². The van der Waals surface area contributed by atoms with E-state index in [1.165, 1.54) is 0 Å². The lowest BCUT2D eigenvalue weighted by atomic mass is 10.1. The van der Waals surface area contributed by atoms with Crippen molar-refractivity contribution in [3.8, 4) is 21.9 Å². The van der Waals surface area contributed by atoms with Crippen molar-refractivity contribution in [1.82, 2.24) is 4.98 Å². The van der Waals surface area contributed by atoms with Crippen molar-refractivity contribution in [2.45, 2.75) is 13.5 Å². The number of aromatic nitrogens is 1. The Bertz CT molecular complexity index is 566. The molecule has 3 rings (SSSR count). The standard InChI is InChI=1S/C12H12N2O2S/c1-7-12(17-11(5-13)14-7)8-2-3-9-10(4-8)16-6-15-9/h2-4H,5-6,13H2,1H3. The predicted molar refractivity (Wildman–Crippen MR) is 66.3 cm³/mol. The van der Waals surface area contributed by atoms with E-state index >= 15 is 0 Å². The van der Waals surface area contributed by atoms with Crippen LogP contribution in [0.4, 0.5) is 0 Å². The maximum absolute atomic E-state index is 5.60. The Labute approximate surface area is 103 Å². The Morgan fingerprint density at radius 2 is 2.18 bits per heavy atom. The Kier molecular flexibility index (Phi) is 2.49. The molecule has 0 amide bonds. The van der Waals surface area contributed by atoms with Gasteiger partial charge in [0, 0.05) is 6.54 Å². The number of aryl methyl sites for hydroxylation is 1. The van der Waals surface area contributed by atoms with Crippen LogP contribution < -0.4 is 15.2 Å². The third kappa shape index (κ3) is 1.77. The van der Waals surface area contributed by atoms with Crippen molar-refractivity contribution in [3.05, 3.63) is 28.9 Å². The molecule has 4 nitrogen and oxygen atoms in total. The molecule has 1 aliphatic rings. The normalized spacial score (nSPS) is 13.1.